The molecule has 0 bridgehead atoms. The standard InChI is InChI=1S/C57H38N2O9.C43H22O10.2C6H6.2H3N.H2O/c1-33-11-21-39(22-12-33)66-40-27-19-38(20-28-40)59-53(62)46-30-14-35(32-48(46)54(59)63)56(65)68-42-25-17-37(18-26-42)57(49-9-5-3-7-43(49)44-8-4-6-10-50(44)57)36-15-23-41(24-16-36)67-55(64)34-13-29-45-47(31-34)52(61)58(2)51(45)60;44-37(23-9-19-31-33(21-23)41(48)52-39(31)46)50-27-15-11-25(12-16-27)43(35-7-3-1-5-29(35)30-6-2-4-8-36(30)43)26-13-17-28(18-14-26)51-38(45)24-10-20-32-34(22-24)42(49)53-40(32)47;2*1-2-4-6-5-3-1;;;/h3-11,13-21,23-32H,12,22H2,1-2H3;1-22H;2*1-6H;2*1H3;1H2. The third-order valence-electron chi connectivity index (χ3n) is 24.1. The van der Waals surface area contributed by atoms with E-state index in [0.29, 0.717) is 11.4 Å². The van der Waals surface area contributed by atoms with Crippen LogP contribution in [0.5, 0.6) is 28.7 Å². The Morgan fingerprint density at radius 2 is 0.551 bits per heavy atom. The van der Waals surface area contributed by atoms with Crippen LogP contribution in [0.3, 0.4) is 0 Å². The Morgan fingerprint density at radius 1 is 0.279 bits per heavy atom. The number of amides is 4. The van der Waals surface area contributed by atoms with Gasteiger partial charge >= 0.3 is 47.8 Å². The molecule has 136 heavy (non-hydrogen) atoms. The van der Waals surface area contributed by atoms with Gasteiger partial charge in [0.2, 0.25) is 0 Å². The number of rotatable bonds is 15. The molecule has 4 aliphatic heterocycles. The highest BCUT2D eigenvalue weighted by atomic mass is 16.6. The lowest BCUT2D eigenvalue weighted by atomic mass is 9.68. The first-order valence-electron chi connectivity index (χ1n) is 42.4. The topological polar surface area (TPSA) is 377 Å². The van der Waals surface area contributed by atoms with Gasteiger partial charge in [0.1, 0.15) is 34.5 Å². The van der Waals surface area contributed by atoms with Crippen LogP contribution < -0.4 is 40.9 Å². The lowest BCUT2D eigenvalue weighted by Gasteiger charge is -2.34. The van der Waals surface area contributed by atoms with Crippen LogP contribution in [0.1, 0.15) is 189 Å². The van der Waals surface area contributed by atoms with Crippen LogP contribution in [0, 0.1) is 0 Å². The normalized spacial score (nSPS) is 14.0. The summed E-state index contributed by atoms with van der Waals surface area (Å²) in [6.45, 7) is 2.07. The minimum atomic E-state index is -0.840. The zero-order chi connectivity index (χ0) is 91.8. The summed E-state index contributed by atoms with van der Waals surface area (Å²) in [5, 5.41) is 0. The fourth-order valence-electron chi connectivity index (χ4n) is 17.7. The van der Waals surface area contributed by atoms with Crippen molar-refractivity contribution >= 4 is 77.1 Å². The maximum absolute atomic E-state index is 13.7. The van der Waals surface area contributed by atoms with Crippen molar-refractivity contribution in [2.45, 2.75) is 30.6 Å². The summed E-state index contributed by atoms with van der Waals surface area (Å²) in [5.41, 5.74) is 13.1. The predicted octanol–water partition coefficient (Wildman–Crippen LogP) is 20.5. The second kappa shape index (κ2) is 38.1. The van der Waals surface area contributed by atoms with Crippen molar-refractivity contribution in [3.8, 4) is 51.0 Å². The summed E-state index contributed by atoms with van der Waals surface area (Å²) in [6, 6.07) is 109. The Morgan fingerprint density at radius 3 is 0.875 bits per heavy atom. The van der Waals surface area contributed by atoms with Gasteiger partial charge in [-0.25, -0.2) is 43.3 Å². The maximum atomic E-state index is 13.7. The number of fused-ring (bicyclic) bond motifs is 10. The molecule has 0 aromatic heterocycles. The predicted molar refractivity (Wildman–Crippen MR) is 505 cm³/mol. The minimum Gasteiger partial charge on any atom is -0.462 e. The molecule has 22 rings (SSSR count). The Balaban J connectivity index is 0.000000175. The fraction of sp³-hybridized carbons (Fsp3) is 0.0536. The van der Waals surface area contributed by atoms with E-state index in [4.69, 9.17) is 23.7 Å². The van der Waals surface area contributed by atoms with E-state index in [9.17, 15) is 57.5 Å². The van der Waals surface area contributed by atoms with Crippen LogP contribution in [-0.2, 0) is 20.3 Å². The number of carbonyl (C=O) groups excluding carboxylic acids is 12. The molecule has 668 valence electrons. The van der Waals surface area contributed by atoms with E-state index >= 15 is 0 Å². The monoisotopic (exact) mass is 1800 g/mol. The van der Waals surface area contributed by atoms with Crippen molar-refractivity contribution in [2.75, 3.05) is 11.9 Å². The number of cyclic esters (lactones) is 4. The summed E-state index contributed by atoms with van der Waals surface area (Å²) in [7, 11) is 1.40. The number of benzene rings is 15. The Bertz CT molecular complexity index is 7130. The molecule has 24 nitrogen and oxygen atoms in total. The first kappa shape index (κ1) is 91.2. The van der Waals surface area contributed by atoms with E-state index in [1.165, 1.54) is 85.4 Å². The molecule has 3 aliphatic carbocycles. The molecule has 0 atom stereocenters. The summed E-state index contributed by atoms with van der Waals surface area (Å²) in [6.07, 6.45) is 5.68. The van der Waals surface area contributed by atoms with Crippen molar-refractivity contribution < 1.29 is 96.2 Å². The highest BCUT2D eigenvalue weighted by molar-refractivity contribution is 6.35. The SMILES string of the molecule is CC1=CC=C(Oc2ccc(N3C(=O)c4ccc(C(=O)Oc5ccc(C6(c7ccc(OC(=O)c8ccc9c(c8)C(=O)N(C)C9=O)cc7)c7ccccc7-c7ccccc76)cc5)cc4C3=O)cc2)CC1.N.N.O.O=C(Oc1ccc(C2(c3ccc(OC(=O)c4ccc5c(c4)C(=O)OC5=O)cc3)c3ccccc3-c3ccccc32)cc1)c1ccc2c(c1)C(=O)OC2=O.c1ccccc1.c1ccccc1. The van der Waals surface area contributed by atoms with Gasteiger partial charge in [-0.15, -0.1) is 0 Å². The first-order chi connectivity index (χ1) is 64.7. The van der Waals surface area contributed by atoms with Crippen LogP contribution >= 0.6 is 0 Å². The van der Waals surface area contributed by atoms with Crippen LogP contribution in [0.25, 0.3) is 22.3 Å². The number of anilines is 1. The van der Waals surface area contributed by atoms with Gasteiger partial charge in [-0.1, -0.05) is 230 Å². The molecule has 15 aromatic rings. The molecule has 7 aliphatic rings. The number of hydrogen-bond acceptors (Lipinski definition) is 21. The van der Waals surface area contributed by atoms with E-state index in [-0.39, 0.29) is 108 Å². The van der Waals surface area contributed by atoms with Gasteiger partial charge in [0, 0.05) is 13.5 Å². The number of esters is 8. The molecule has 0 spiro atoms. The van der Waals surface area contributed by atoms with E-state index in [2.05, 4.69) is 64.9 Å². The van der Waals surface area contributed by atoms with Crippen LogP contribution in [0.2, 0.25) is 0 Å². The summed E-state index contributed by atoms with van der Waals surface area (Å²) < 4.78 is 38.3. The molecule has 0 saturated heterocycles. The summed E-state index contributed by atoms with van der Waals surface area (Å²) in [4.78, 5) is 155. The molecule has 0 fully saturated rings. The van der Waals surface area contributed by atoms with Crippen molar-refractivity contribution in [1.29, 1.82) is 0 Å². The molecule has 0 radical (unpaired) electrons. The lowest BCUT2D eigenvalue weighted by Crippen LogP contribution is -2.29. The lowest BCUT2D eigenvalue weighted by molar-refractivity contribution is 0.0425. The maximum Gasteiger partial charge on any atom is 0.346 e. The third-order valence-corrected chi connectivity index (χ3v) is 24.1. The largest absolute Gasteiger partial charge is 0.462 e. The highest BCUT2D eigenvalue weighted by Gasteiger charge is 2.49. The third kappa shape index (κ3) is 16.8. The van der Waals surface area contributed by atoms with Gasteiger partial charge in [-0.05, 0) is 232 Å². The second-order valence-corrected chi connectivity index (χ2v) is 31.9. The van der Waals surface area contributed by atoms with E-state index in [1.54, 1.807) is 72.8 Å². The number of carbonyl (C=O) groups is 12. The summed E-state index contributed by atoms with van der Waals surface area (Å²) in [5.74, 6) is -5.41. The number of ether oxygens (including phenoxy) is 7. The molecule has 0 saturated carbocycles. The highest BCUT2D eigenvalue weighted by Crippen LogP contribution is 2.58. The van der Waals surface area contributed by atoms with Gasteiger partial charge < -0.3 is 50.9 Å². The molecular formula is C112H80N4O20. The van der Waals surface area contributed by atoms with Crippen molar-refractivity contribution in [3.05, 3.63) is 499 Å². The molecular weight excluding hydrogens is 1720 g/mol. The van der Waals surface area contributed by atoms with Crippen LogP contribution in [0.15, 0.2) is 387 Å². The zero-order valence-corrected chi connectivity index (χ0v) is 72.8. The van der Waals surface area contributed by atoms with Crippen molar-refractivity contribution in [3.63, 3.8) is 0 Å². The average Bonchev–Trinajstić information content (AvgIpc) is 1.54. The van der Waals surface area contributed by atoms with Crippen molar-refractivity contribution in [1.82, 2.24) is 17.2 Å². The Hall–Kier alpha value is -18.1. The molecule has 24 heteroatoms. The van der Waals surface area contributed by atoms with E-state index in [1.807, 2.05) is 182 Å². The van der Waals surface area contributed by atoms with E-state index < -0.39 is 82.2 Å². The minimum absolute atomic E-state index is 0. The smallest absolute Gasteiger partial charge is 0.346 e. The van der Waals surface area contributed by atoms with E-state index in [0.717, 1.165) is 95.2 Å². The van der Waals surface area contributed by atoms with Crippen LogP contribution in [-0.4, -0.2) is 88.8 Å². The van der Waals surface area contributed by atoms with Crippen LogP contribution in [0.4, 0.5) is 5.69 Å². The van der Waals surface area contributed by atoms with Gasteiger partial charge in [0.05, 0.1) is 83.3 Å². The Kier molecular flexibility index (Phi) is 25.6. The molecule has 0 unspecified atom stereocenters. The first-order valence-corrected chi connectivity index (χ1v) is 42.4. The van der Waals surface area contributed by atoms with Gasteiger partial charge in [0.15, 0.2) is 0 Å². The molecule has 8 N–H and O–H groups in total. The second-order valence-electron chi connectivity index (χ2n) is 31.9. The number of nitrogens with zero attached hydrogens (tertiary/aromatic N) is 2. The zero-order valence-electron chi connectivity index (χ0n) is 72.8. The molecule has 15 aromatic carbocycles. The quantitative estimate of drug-likeness (QED) is 0.0416. The van der Waals surface area contributed by atoms with Gasteiger partial charge in [-0.3, -0.25) is 24.1 Å². The molecule has 4 amide bonds. The average molecular weight is 1800 g/mol. The Labute approximate surface area is 778 Å². The fourth-order valence-corrected chi connectivity index (χ4v) is 17.7. The summed E-state index contributed by atoms with van der Waals surface area (Å²) >= 11 is 0. The number of imide groups is 2. The molecule has 4 heterocycles. The van der Waals surface area contributed by atoms with Gasteiger partial charge in [0.25, 0.3) is 23.6 Å². The van der Waals surface area contributed by atoms with Crippen molar-refractivity contribution in [2.24, 2.45) is 0 Å². The van der Waals surface area contributed by atoms with Gasteiger partial charge in [-0.2, -0.15) is 0 Å². The number of hydrogen-bond donors (Lipinski definition) is 2. The number of allylic oxidation sites excluding steroid dienone is 4.